The molecule has 0 aliphatic carbocycles. The topological polar surface area (TPSA) is 91.3 Å². The van der Waals surface area contributed by atoms with Crippen molar-refractivity contribution in [2.45, 2.75) is 60.9 Å². The zero-order valence-corrected chi connectivity index (χ0v) is 26.1. The fourth-order valence-electron chi connectivity index (χ4n) is 5.26. The minimum atomic E-state index is -3.89. The molecule has 218 valence electrons. The highest BCUT2D eigenvalue weighted by molar-refractivity contribution is 7.92. The quantitative estimate of drug-likeness (QED) is 0.224. The first-order valence-electron chi connectivity index (χ1n) is 13.3. The van der Waals surface area contributed by atoms with E-state index in [9.17, 15) is 13.5 Å². The van der Waals surface area contributed by atoms with Crippen LogP contribution in [0.15, 0.2) is 95.9 Å². The number of hydrogen-bond acceptors (Lipinski definition) is 7. The summed E-state index contributed by atoms with van der Waals surface area (Å²) >= 11 is 0. The highest BCUT2D eigenvalue weighted by Gasteiger charge is 2.50. The Morgan fingerprint density at radius 3 is 1.57 bits per heavy atom. The third kappa shape index (κ3) is 6.91. The molecule has 7 nitrogen and oxygen atoms in total. The SMILES string of the molecule is COC(CC(C[C@@H](O)CO[Si](c1ccccc1)(c1ccccc1)C(C)(C)C)S(=O)(=O)c1ccccc1)(OC)OC. The number of benzene rings is 3. The van der Waals surface area contributed by atoms with Crippen molar-refractivity contribution >= 4 is 28.5 Å². The zero-order valence-electron chi connectivity index (χ0n) is 24.2. The van der Waals surface area contributed by atoms with Gasteiger partial charge in [0.2, 0.25) is 0 Å². The summed E-state index contributed by atoms with van der Waals surface area (Å²) in [5.74, 6) is -1.59. The van der Waals surface area contributed by atoms with E-state index in [2.05, 4.69) is 45.0 Å². The number of hydrogen-bond donors (Lipinski definition) is 1. The monoisotopic (exact) mass is 586 g/mol. The van der Waals surface area contributed by atoms with E-state index in [1.165, 1.54) is 21.3 Å². The van der Waals surface area contributed by atoms with Gasteiger partial charge in [-0.05, 0) is 34.0 Å². The second-order valence-electron chi connectivity index (χ2n) is 10.8. The van der Waals surface area contributed by atoms with Crippen molar-refractivity contribution in [2.24, 2.45) is 0 Å². The van der Waals surface area contributed by atoms with Crippen LogP contribution in [0.1, 0.15) is 33.6 Å². The van der Waals surface area contributed by atoms with Crippen molar-refractivity contribution in [3.8, 4) is 0 Å². The minimum Gasteiger partial charge on any atom is -0.405 e. The lowest BCUT2D eigenvalue weighted by Crippen LogP contribution is -2.67. The summed E-state index contributed by atoms with van der Waals surface area (Å²) in [6.07, 6.45) is -1.34. The summed E-state index contributed by atoms with van der Waals surface area (Å²) in [6, 6.07) is 28.4. The van der Waals surface area contributed by atoms with Crippen LogP contribution in [0.3, 0.4) is 0 Å². The molecule has 0 saturated heterocycles. The molecule has 0 saturated carbocycles. The summed E-state index contributed by atoms with van der Waals surface area (Å²) in [4.78, 5) is 0.150. The van der Waals surface area contributed by atoms with Crippen molar-refractivity contribution in [1.82, 2.24) is 0 Å². The molecular formula is C31H42O7SSi. The summed E-state index contributed by atoms with van der Waals surface area (Å²) in [7, 11) is -2.64. The third-order valence-electron chi connectivity index (χ3n) is 7.37. The Kier molecular flexibility index (Phi) is 10.9. The average Bonchev–Trinajstić information content (AvgIpc) is 2.96. The summed E-state index contributed by atoms with van der Waals surface area (Å²) < 4.78 is 50.7. The van der Waals surface area contributed by atoms with E-state index >= 15 is 0 Å². The number of sulfone groups is 1. The van der Waals surface area contributed by atoms with Gasteiger partial charge in [-0.25, -0.2) is 8.42 Å². The second kappa shape index (κ2) is 13.5. The van der Waals surface area contributed by atoms with E-state index in [1.807, 2.05) is 36.4 Å². The molecule has 1 unspecified atom stereocenters. The summed E-state index contributed by atoms with van der Waals surface area (Å²) in [5.41, 5.74) is 0. The zero-order chi connectivity index (χ0) is 29.4. The Morgan fingerprint density at radius 2 is 1.18 bits per heavy atom. The molecule has 0 heterocycles. The lowest BCUT2D eigenvalue weighted by Gasteiger charge is -2.43. The Balaban J connectivity index is 1.98. The first kappa shape index (κ1) is 32.1. The Bertz CT molecular complexity index is 1230. The standard InChI is InChI=1S/C31H42O7SSi/c1-30(2,3)40(28-18-12-8-13-19-28,29-20-14-9-15-21-29)38-24-25(32)22-27(23-31(35-4,36-5)37-6)39(33,34)26-16-10-7-11-17-26/h7-21,25,27,32H,22-24H2,1-6H3/t25-,27?/m1/s1. The van der Waals surface area contributed by atoms with Crippen LogP contribution in [0, 0.1) is 0 Å². The number of rotatable bonds is 14. The fraction of sp³-hybridized carbons (Fsp3) is 0.419. The molecule has 9 heteroatoms. The number of ether oxygens (including phenoxy) is 3. The average molecular weight is 587 g/mol. The van der Waals surface area contributed by atoms with Gasteiger partial charge in [0.05, 0.1) is 22.9 Å². The van der Waals surface area contributed by atoms with Gasteiger partial charge in [-0.2, -0.15) is 0 Å². The van der Waals surface area contributed by atoms with Crippen LogP contribution in [-0.4, -0.2) is 67.1 Å². The van der Waals surface area contributed by atoms with Gasteiger partial charge < -0.3 is 23.7 Å². The van der Waals surface area contributed by atoms with Crippen LogP contribution < -0.4 is 10.4 Å². The van der Waals surface area contributed by atoms with E-state index in [1.54, 1.807) is 30.3 Å². The van der Waals surface area contributed by atoms with Crippen LogP contribution in [0.4, 0.5) is 0 Å². The Labute approximate surface area is 240 Å². The first-order chi connectivity index (χ1) is 19.0. The predicted octanol–water partition coefficient (Wildman–Crippen LogP) is 4.14. The van der Waals surface area contributed by atoms with E-state index < -0.39 is 35.5 Å². The highest BCUT2D eigenvalue weighted by atomic mass is 32.2. The number of aliphatic hydroxyl groups is 1. The number of methoxy groups -OCH3 is 3. The fourth-order valence-corrected chi connectivity index (χ4v) is 11.7. The van der Waals surface area contributed by atoms with Crippen LogP contribution >= 0.6 is 0 Å². The molecule has 0 aromatic heterocycles. The molecule has 0 fully saturated rings. The second-order valence-corrected chi connectivity index (χ2v) is 17.4. The molecule has 3 aromatic carbocycles. The molecule has 0 amide bonds. The Morgan fingerprint density at radius 1 is 0.750 bits per heavy atom. The molecule has 2 atom stereocenters. The van der Waals surface area contributed by atoms with Crippen LogP contribution in [0.2, 0.25) is 5.04 Å². The summed E-state index contributed by atoms with van der Waals surface area (Å²) in [6.45, 7) is 6.41. The molecule has 0 aliphatic heterocycles. The highest BCUT2D eigenvalue weighted by Crippen LogP contribution is 2.37. The predicted molar refractivity (Wildman–Crippen MR) is 160 cm³/mol. The lowest BCUT2D eigenvalue weighted by molar-refractivity contribution is -0.355. The smallest absolute Gasteiger partial charge is 0.283 e. The molecule has 0 aliphatic rings. The largest absolute Gasteiger partial charge is 0.405 e. The van der Waals surface area contributed by atoms with Crippen LogP contribution in [0.5, 0.6) is 0 Å². The van der Waals surface area contributed by atoms with Gasteiger partial charge in [0, 0.05) is 27.8 Å². The Hall–Kier alpha value is -2.37. The molecule has 0 radical (unpaired) electrons. The first-order valence-corrected chi connectivity index (χ1v) is 16.8. The molecular weight excluding hydrogens is 544 g/mol. The molecule has 3 rings (SSSR count). The normalized spacial score (nSPS) is 14.6. The van der Waals surface area contributed by atoms with Crippen molar-refractivity contribution in [3.05, 3.63) is 91.0 Å². The maximum atomic E-state index is 13.8. The van der Waals surface area contributed by atoms with Gasteiger partial charge in [-0.15, -0.1) is 0 Å². The molecule has 1 N–H and O–H groups in total. The molecule has 3 aromatic rings. The van der Waals surface area contributed by atoms with Crippen molar-refractivity contribution in [3.63, 3.8) is 0 Å². The van der Waals surface area contributed by atoms with Crippen molar-refractivity contribution < 1.29 is 32.2 Å². The molecule has 0 spiro atoms. The summed E-state index contributed by atoms with van der Waals surface area (Å²) in [5, 5.41) is 12.2. The third-order valence-corrected chi connectivity index (χ3v) is 14.5. The van der Waals surface area contributed by atoms with Crippen LogP contribution in [-0.2, 0) is 28.5 Å². The number of aliphatic hydroxyl groups excluding tert-OH is 1. The van der Waals surface area contributed by atoms with E-state index in [0.29, 0.717) is 0 Å². The van der Waals surface area contributed by atoms with E-state index in [4.69, 9.17) is 18.6 Å². The van der Waals surface area contributed by atoms with Gasteiger partial charge in [0.1, 0.15) is 0 Å². The van der Waals surface area contributed by atoms with Crippen LogP contribution in [0.25, 0.3) is 0 Å². The minimum absolute atomic E-state index is 0.0476. The van der Waals surface area contributed by atoms with Gasteiger partial charge in [-0.3, -0.25) is 0 Å². The van der Waals surface area contributed by atoms with Gasteiger partial charge in [-0.1, -0.05) is 99.6 Å². The lowest BCUT2D eigenvalue weighted by atomic mass is 10.1. The van der Waals surface area contributed by atoms with Crippen molar-refractivity contribution in [2.75, 3.05) is 27.9 Å². The van der Waals surface area contributed by atoms with Gasteiger partial charge >= 0.3 is 0 Å². The molecule has 0 bridgehead atoms. The van der Waals surface area contributed by atoms with E-state index in [-0.39, 0.29) is 29.4 Å². The van der Waals surface area contributed by atoms with Crippen molar-refractivity contribution in [1.29, 1.82) is 0 Å². The molecule has 40 heavy (non-hydrogen) atoms. The van der Waals surface area contributed by atoms with E-state index in [0.717, 1.165) is 10.4 Å². The maximum absolute atomic E-state index is 13.8. The van der Waals surface area contributed by atoms with Gasteiger partial charge in [0.15, 0.2) is 9.84 Å². The van der Waals surface area contributed by atoms with Gasteiger partial charge in [0.25, 0.3) is 14.3 Å². The maximum Gasteiger partial charge on any atom is 0.283 e.